The molecule has 0 amide bonds. The number of hydrogen-bond acceptors (Lipinski definition) is 3. The molecule has 0 bridgehead atoms. The fraction of sp³-hybridized carbons (Fsp3) is 0.0769. The van der Waals surface area contributed by atoms with Crippen LogP contribution in [-0.4, -0.2) is 20.8 Å². The highest BCUT2D eigenvalue weighted by molar-refractivity contribution is 6.36. The van der Waals surface area contributed by atoms with Crippen molar-refractivity contribution in [3.8, 4) is 11.3 Å². The highest BCUT2D eigenvalue weighted by atomic mass is 35.5. The van der Waals surface area contributed by atoms with Gasteiger partial charge < -0.3 is 14.2 Å². The number of benzene rings is 1. The van der Waals surface area contributed by atoms with Crippen molar-refractivity contribution in [3.63, 3.8) is 0 Å². The van der Waals surface area contributed by atoms with Crippen molar-refractivity contribution in [2.75, 3.05) is 0 Å². The van der Waals surface area contributed by atoms with Gasteiger partial charge in [0, 0.05) is 30.3 Å². The third-order valence-electron chi connectivity index (χ3n) is 2.96. The topological polar surface area (TPSA) is 68.3 Å². The Morgan fingerprint density at radius 2 is 2.26 bits per heavy atom. The Kier molecular flexibility index (Phi) is 2.57. The Balaban J connectivity index is 2.27. The molecule has 0 aliphatic carbocycles. The lowest BCUT2D eigenvalue weighted by atomic mass is 10.1. The molecule has 5 nitrogen and oxygen atoms in total. The fourth-order valence-corrected chi connectivity index (χ4v) is 2.44. The number of aryl methyl sites for hydroxylation is 1. The number of carboxylic acids is 1. The molecule has 3 aromatic rings. The molecule has 2 heterocycles. The molecule has 0 atom stereocenters. The minimum absolute atomic E-state index is 0.126. The summed E-state index contributed by atoms with van der Waals surface area (Å²) in [6.07, 6.45) is 1.80. The van der Waals surface area contributed by atoms with Gasteiger partial charge in [0.1, 0.15) is 0 Å². The van der Waals surface area contributed by atoms with E-state index in [1.54, 1.807) is 6.20 Å². The lowest BCUT2D eigenvalue weighted by Gasteiger charge is -2.00. The summed E-state index contributed by atoms with van der Waals surface area (Å²) < 4.78 is 6.98. The Morgan fingerprint density at radius 1 is 1.47 bits per heavy atom. The normalized spacial score (nSPS) is 11.1. The number of rotatable bonds is 2. The summed E-state index contributed by atoms with van der Waals surface area (Å²) in [6, 6.07) is 7.00. The first-order valence-electron chi connectivity index (χ1n) is 5.52. The van der Waals surface area contributed by atoms with Crippen molar-refractivity contribution in [3.05, 3.63) is 41.2 Å². The number of carbonyl (C=O) groups is 1. The van der Waals surface area contributed by atoms with Crippen LogP contribution in [0, 0.1) is 0 Å². The van der Waals surface area contributed by atoms with E-state index in [2.05, 4.69) is 5.16 Å². The largest absolute Gasteiger partial charge is 0.476 e. The summed E-state index contributed by atoms with van der Waals surface area (Å²) in [4.78, 5) is 10.8. The average molecular weight is 277 g/mol. The van der Waals surface area contributed by atoms with Crippen LogP contribution in [0.25, 0.3) is 22.2 Å². The van der Waals surface area contributed by atoms with Crippen molar-refractivity contribution < 1.29 is 14.4 Å². The van der Waals surface area contributed by atoms with E-state index in [4.69, 9.17) is 21.2 Å². The highest BCUT2D eigenvalue weighted by Crippen LogP contribution is 2.34. The van der Waals surface area contributed by atoms with E-state index in [1.807, 2.05) is 29.8 Å². The molecule has 1 N–H and O–H groups in total. The minimum Gasteiger partial charge on any atom is -0.476 e. The van der Waals surface area contributed by atoms with E-state index in [-0.39, 0.29) is 5.69 Å². The van der Waals surface area contributed by atoms with Crippen LogP contribution >= 0.6 is 11.6 Å². The predicted molar refractivity (Wildman–Crippen MR) is 70.4 cm³/mol. The number of nitrogens with zero attached hydrogens (tertiary/aromatic N) is 2. The highest BCUT2D eigenvalue weighted by Gasteiger charge is 2.16. The molecule has 96 valence electrons. The van der Waals surface area contributed by atoms with Gasteiger partial charge in [-0.3, -0.25) is 0 Å². The van der Waals surface area contributed by atoms with Gasteiger partial charge in [-0.1, -0.05) is 28.9 Å². The van der Waals surface area contributed by atoms with Crippen LogP contribution in [0.1, 0.15) is 10.5 Å². The zero-order valence-corrected chi connectivity index (χ0v) is 10.7. The molecule has 0 unspecified atom stereocenters. The molecule has 0 aliphatic heterocycles. The molecule has 0 aliphatic rings. The van der Waals surface area contributed by atoms with Gasteiger partial charge in [-0.05, 0) is 6.07 Å². The molecule has 0 spiro atoms. The van der Waals surface area contributed by atoms with Gasteiger partial charge in [-0.25, -0.2) is 4.79 Å². The maximum Gasteiger partial charge on any atom is 0.358 e. The quantitative estimate of drug-likeness (QED) is 0.780. The third kappa shape index (κ3) is 1.79. The second-order valence-corrected chi connectivity index (χ2v) is 4.58. The maximum absolute atomic E-state index is 10.8. The fourth-order valence-electron chi connectivity index (χ4n) is 2.10. The second-order valence-electron chi connectivity index (χ2n) is 4.17. The first-order valence-corrected chi connectivity index (χ1v) is 5.89. The Hall–Kier alpha value is -2.27. The smallest absolute Gasteiger partial charge is 0.358 e. The van der Waals surface area contributed by atoms with Gasteiger partial charge in [0.2, 0.25) is 0 Å². The zero-order chi connectivity index (χ0) is 13.6. The zero-order valence-electron chi connectivity index (χ0n) is 9.92. The third-order valence-corrected chi connectivity index (χ3v) is 3.25. The molecule has 6 heteroatoms. The van der Waals surface area contributed by atoms with Crippen molar-refractivity contribution in [1.29, 1.82) is 0 Å². The number of hydrogen-bond donors (Lipinski definition) is 1. The predicted octanol–water partition coefficient (Wildman–Crippen LogP) is 3.18. The average Bonchev–Trinajstić information content (AvgIpc) is 2.96. The monoisotopic (exact) mass is 276 g/mol. The van der Waals surface area contributed by atoms with Crippen LogP contribution in [0.3, 0.4) is 0 Å². The number of carboxylic acid groups (broad SMARTS) is 1. The summed E-state index contributed by atoms with van der Waals surface area (Å²) >= 11 is 6.20. The molecule has 19 heavy (non-hydrogen) atoms. The first-order chi connectivity index (χ1) is 9.08. The number of aromatic nitrogens is 2. The van der Waals surface area contributed by atoms with Gasteiger partial charge in [0.25, 0.3) is 0 Å². The summed E-state index contributed by atoms with van der Waals surface area (Å²) in [5, 5.41) is 13.8. The van der Waals surface area contributed by atoms with Gasteiger partial charge in [-0.15, -0.1) is 0 Å². The summed E-state index contributed by atoms with van der Waals surface area (Å²) in [5.41, 5.74) is 1.54. The van der Waals surface area contributed by atoms with E-state index in [1.165, 1.54) is 6.07 Å². The minimum atomic E-state index is -1.12. The number of fused-ring (bicyclic) bond motifs is 1. The van der Waals surface area contributed by atoms with E-state index in [0.717, 1.165) is 16.5 Å². The van der Waals surface area contributed by atoms with Crippen LogP contribution in [0.5, 0.6) is 0 Å². The van der Waals surface area contributed by atoms with Crippen LogP contribution in [-0.2, 0) is 7.05 Å². The molecule has 2 aromatic heterocycles. The van der Waals surface area contributed by atoms with Crippen LogP contribution in [0.4, 0.5) is 0 Å². The molecule has 0 saturated carbocycles. The lowest BCUT2D eigenvalue weighted by molar-refractivity contribution is 0.0686. The molecular weight excluding hydrogens is 268 g/mol. The Labute approximate surface area is 113 Å². The number of aromatic carboxylic acids is 1. The summed E-state index contributed by atoms with van der Waals surface area (Å²) in [6.45, 7) is 0. The van der Waals surface area contributed by atoms with Gasteiger partial charge in [-0.2, -0.15) is 0 Å². The molecular formula is C13H9ClN2O3. The molecule has 3 rings (SSSR count). The Morgan fingerprint density at radius 3 is 2.95 bits per heavy atom. The molecule has 0 fully saturated rings. The van der Waals surface area contributed by atoms with E-state index >= 15 is 0 Å². The maximum atomic E-state index is 10.8. The second kappa shape index (κ2) is 4.13. The van der Waals surface area contributed by atoms with Crippen molar-refractivity contribution in [2.24, 2.45) is 7.05 Å². The van der Waals surface area contributed by atoms with Crippen LogP contribution in [0.2, 0.25) is 5.02 Å². The standard InChI is InChI=1S/C13H9ClN2O3/c1-16-6-8(14)12-7(3-2-4-10(12)16)11-5-9(13(17)18)15-19-11/h2-6H,1H3,(H,17,18). The summed E-state index contributed by atoms with van der Waals surface area (Å²) in [5.74, 6) is -0.738. The van der Waals surface area contributed by atoms with Gasteiger partial charge >= 0.3 is 5.97 Å². The number of halogens is 1. The van der Waals surface area contributed by atoms with Gasteiger partial charge in [0.05, 0.1) is 10.5 Å². The van der Waals surface area contributed by atoms with Crippen LogP contribution in [0.15, 0.2) is 35.0 Å². The molecule has 0 radical (unpaired) electrons. The molecule has 1 aromatic carbocycles. The summed E-state index contributed by atoms with van der Waals surface area (Å²) in [7, 11) is 1.89. The lowest BCUT2D eigenvalue weighted by Crippen LogP contribution is -1.94. The first kappa shape index (κ1) is 11.8. The SMILES string of the molecule is Cn1cc(Cl)c2c(-c3cc(C(=O)O)no3)cccc21. The van der Waals surface area contributed by atoms with Crippen molar-refractivity contribution in [1.82, 2.24) is 9.72 Å². The Bertz CT molecular complexity index is 788. The van der Waals surface area contributed by atoms with E-state index in [9.17, 15) is 4.79 Å². The van der Waals surface area contributed by atoms with Crippen molar-refractivity contribution in [2.45, 2.75) is 0 Å². The van der Waals surface area contributed by atoms with Crippen LogP contribution < -0.4 is 0 Å². The van der Waals surface area contributed by atoms with Crippen molar-refractivity contribution >= 4 is 28.5 Å². The molecule has 0 saturated heterocycles. The van der Waals surface area contributed by atoms with E-state index < -0.39 is 5.97 Å². The van der Waals surface area contributed by atoms with E-state index in [0.29, 0.717) is 10.8 Å². The van der Waals surface area contributed by atoms with Gasteiger partial charge in [0.15, 0.2) is 11.5 Å².